The first kappa shape index (κ1) is 14.7. The van der Waals surface area contributed by atoms with Crippen molar-refractivity contribution in [1.29, 1.82) is 0 Å². The van der Waals surface area contributed by atoms with Crippen molar-refractivity contribution >= 4 is 5.78 Å². The Bertz CT molecular complexity index is 459. The van der Waals surface area contributed by atoms with Gasteiger partial charge in [0, 0.05) is 19.6 Å². The maximum Gasteiger partial charge on any atom is 0.143 e. The molecule has 0 spiro atoms. The highest BCUT2D eigenvalue weighted by Crippen LogP contribution is 2.37. The fourth-order valence-electron chi connectivity index (χ4n) is 3.75. The van der Waals surface area contributed by atoms with Crippen molar-refractivity contribution in [3.8, 4) is 0 Å². The highest BCUT2D eigenvalue weighted by molar-refractivity contribution is 5.90. The zero-order valence-electron chi connectivity index (χ0n) is 12.6. The molecule has 0 saturated carbocycles. The molecule has 114 valence electrons. The van der Waals surface area contributed by atoms with Crippen LogP contribution in [0.25, 0.3) is 0 Å². The van der Waals surface area contributed by atoms with Crippen molar-refractivity contribution in [3.05, 3.63) is 35.9 Å². The molecule has 21 heavy (non-hydrogen) atoms. The van der Waals surface area contributed by atoms with Crippen LogP contribution in [0, 0.1) is 5.92 Å². The lowest BCUT2D eigenvalue weighted by Crippen LogP contribution is -2.46. The summed E-state index contributed by atoms with van der Waals surface area (Å²) in [5.41, 5.74) is 0.953. The van der Waals surface area contributed by atoms with E-state index in [4.69, 9.17) is 4.74 Å². The van der Waals surface area contributed by atoms with E-state index in [2.05, 4.69) is 29.6 Å². The molecular formula is C18H25NO2. The van der Waals surface area contributed by atoms with Gasteiger partial charge in [0.1, 0.15) is 5.78 Å². The SMILES string of the molecule is O=C(CC1CCOCC1)C1(c2ccccc2)CCNCC1. The van der Waals surface area contributed by atoms with Crippen molar-refractivity contribution in [3.63, 3.8) is 0 Å². The molecule has 0 aromatic heterocycles. The molecule has 1 N–H and O–H groups in total. The molecule has 2 saturated heterocycles. The average Bonchev–Trinajstić information content (AvgIpc) is 2.57. The molecule has 1 aromatic carbocycles. The Hall–Kier alpha value is -1.19. The van der Waals surface area contributed by atoms with Gasteiger partial charge in [0.2, 0.25) is 0 Å². The Kier molecular flexibility index (Phi) is 4.71. The topological polar surface area (TPSA) is 38.3 Å². The standard InChI is InChI=1S/C18H25NO2/c20-17(14-15-6-12-21-13-7-15)18(8-10-19-11-9-18)16-4-2-1-3-5-16/h1-5,15,19H,6-14H2. The monoisotopic (exact) mass is 287 g/mol. The molecule has 0 unspecified atom stereocenters. The number of ether oxygens (including phenoxy) is 1. The number of hydrogen-bond acceptors (Lipinski definition) is 3. The van der Waals surface area contributed by atoms with Gasteiger partial charge in [-0.3, -0.25) is 4.79 Å². The van der Waals surface area contributed by atoms with Gasteiger partial charge in [-0.05, 0) is 50.3 Å². The molecular weight excluding hydrogens is 262 g/mol. The second-order valence-corrected chi connectivity index (χ2v) is 6.38. The molecule has 1 aromatic rings. The van der Waals surface area contributed by atoms with E-state index in [0.717, 1.165) is 58.4 Å². The van der Waals surface area contributed by atoms with Gasteiger partial charge in [-0.25, -0.2) is 0 Å². The second-order valence-electron chi connectivity index (χ2n) is 6.38. The van der Waals surface area contributed by atoms with Crippen molar-refractivity contribution in [2.24, 2.45) is 5.92 Å². The van der Waals surface area contributed by atoms with Crippen LogP contribution in [-0.4, -0.2) is 32.1 Å². The van der Waals surface area contributed by atoms with Crippen LogP contribution < -0.4 is 5.32 Å². The first-order valence-electron chi connectivity index (χ1n) is 8.18. The summed E-state index contributed by atoms with van der Waals surface area (Å²) in [5, 5.41) is 3.40. The molecule has 2 aliphatic rings. The molecule has 0 aliphatic carbocycles. The minimum Gasteiger partial charge on any atom is -0.381 e. The third-order valence-corrected chi connectivity index (χ3v) is 5.13. The van der Waals surface area contributed by atoms with E-state index in [-0.39, 0.29) is 5.41 Å². The molecule has 3 rings (SSSR count). The molecule has 0 atom stereocenters. The summed E-state index contributed by atoms with van der Waals surface area (Å²) in [5.74, 6) is 0.962. The van der Waals surface area contributed by atoms with Gasteiger partial charge < -0.3 is 10.1 Å². The summed E-state index contributed by atoms with van der Waals surface area (Å²) in [4.78, 5) is 13.1. The fraction of sp³-hybridized carbons (Fsp3) is 0.611. The highest BCUT2D eigenvalue weighted by Gasteiger charge is 2.41. The van der Waals surface area contributed by atoms with Crippen LogP contribution in [0.2, 0.25) is 0 Å². The summed E-state index contributed by atoms with van der Waals surface area (Å²) >= 11 is 0. The van der Waals surface area contributed by atoms with Crippen LogP contribution in [0.15, 0.2) is 30.3 Å². The van der Waals surface area contributed by atoms with Crippen LogP contribution in [0.4, 0.5) is 0 Å². The lowest BCUT2D eigenvalue weighted by Gasteiger charge is -2.38. The van der Waals surface area contributed by atoms with Gasteiger partial charge in [-0.2, -0.15) is 0 Å². The molecule has 3 nitrogen and oxygen atoms in total. The average molecular weight is 287 g/mol. The zero-order chi connectivity index (χ0) is 14.5. The summed E-state index contributed by atoms with van der Waals surface area (Å²) in [6.07, 6.45) is 4.65. The molecule has 2 heterocycles. The predicted octanol–water partition coefficient (Wildman–Crippen LogP) is 2.69. The van der Waals surface area contributed by atoms with E-state index in [0.29, 0.717) is 11.7 Å². The number of benzene rings is 1. The summed E-state index contributed by atoms with van der Waals surface area (Å²) in [6, 6.07) is 10.4. The summed E-state index contributed by atoms with van der Waals surface area (Å²) < 4.78 is 5.42. The van der Waals surface area contributed by atoms with Gasteiger partial charge in [0.25, 0.3) is 0 Å². The van der Waals surface area contributed by atoms with Crippen LogP contribution in [-0.2, 0) is 14.9 Å². The van der Waals surface area contributed by atoms with Gasteiger partial charge in [0.05, 0.1) is 5.41 Å². The van der Waals surface area contributed by atoms with E-state index in [1.807, 2.05) is 6.07 Å². The van der Waals surface area contributed by atoms with Crippen molar-refractivity contribution in [2.75, 3.05) is 26.3 Å². The number of nitrogens with one attached hydrogen (secondary N) is 1. The number of carbonyl (C=O) groups is 1. The lowest BCUT2D eigenvalue weighted by atomic mass is 9.68. The number of Topliss-reactive ketones (excluding diaryl/α,β-unsaturated/α-hetero) is 1. The smallest absolute Gasteiger partial charge is 0.143 e. The Morgan fingerprint density at radius 2 is 1.81 bits per heavy atom. The number of piperidine rings is 1. The van der Waals surface area contributed by atoms with E-state index in [1.165, 1.54) is 5.56 Å². The number of ketones is 1. The number of rotatable bonds is 4. The van der Waals surface area contributed by atoms with E-state index in [1.54, 1.807) is 0 Å². The lowest BCUT2D eigenvalue weighted by molar-refractivity contribution is -0.127. The third-order valence-electron chi connectivity index (χ3n) is 5.13. The van der Waals surface area contributed by atoms with E-state index < -0.39 is 0 Å². The van der Waals surface area contributed by atoms with E-state index >= 15 is 0 Å². The molecule has 0 amide bonds. The van der Waals surface area contributed by atoms with Crippen molar-refractivity contribution in [2.45, 2.75) is 37.5 Å². The Morgan fingerprint density at radius 1 is 1.14 bits per heavy atom. The minimum atomic E-state index is -0.259. The fourth-order valence-corrected chi connectivity index (χ4v) is 3.75. The van der Waals surface area contributed by atoms with Crippen molar-refractivity contribution < 1.29 is 9.53 Å². The Balaban J connectivity index is 1.79. The minimum absolute atomic E-state index is 0.259. The molecule has 0 bridgehead atoms. The summed E-state index contributed by atoms with van der Waals surface area (Å²) in [6.45, 7) is 3.51. The second kappa shape index (κ2) is 6.71. The van der Waals surface area contributed by atoms with Crippen LogP contribution in [0.3, 0.4) is 0 Å². The molecule has 3 heteroatoms. The summed E-state index contributed by atoms with van der Waals surface area (Å²) in [7, 11) is 0. The van der Waals surface area contributed by atoms with Crippen molar-refractivity contribution in [1.82, 2.24) is 5.32 Å². The molecule has 2 fully saturated rings. The molecule has 0 radical (unpaired) electrons. The number of carbonyl (C=O) groups excluding carboxylic acids is 1. The Morgan fingerprint density at radius 3 is 2.48 bits per heavy atom. The molecule has 2 aliphatic heterocycles. The highest BCUT2D eigenvalue weighted by atomic mass is 16.5. The van der Waals surface area contributed by atoms with E-state index in [9.17, 15) is 4.79 Å². The maximum absolute atomic E-state index is 13.1. The zero-order valence-corrected chi connectivity index (χ0v) is 12.6. The normalized spacial score (nSPS) is 22.9. The van der Waals surface area contributed by atoms with Gasteiger partial charge in [0.15, 0.2) is 0 Å². The quantitative estimate of drug-likeness (QED) is 0.925. The van der Waals surface area contributed by atoms with Crippen LogP contribution >= 0.6 is 0 Å². The Labute approximate surface area is 127 Å². The maximum atomic E-state index is 13.1. The van der Waals surface area contributed by atoms with Gasteiger partial charge in [-0.15, -0.1) is 0 Å². The van der Waals surface area contributed by atoms with Gasteiger partial charge in [-0.1, -0.05) is 30.3 Å². The predicted molar refractivity (Wildman–Crippen MR) is 83.4 cm³/mol. The number of hydrogen-bond donors (Lipinski definition) is 1. The first-order valence-corrected chi connectivity index (χ1v) is 8.18. The largest absolute Gasteiger partial charge is 0.381 e. The van der Waals surface area contributed by atoms with Crippen LogP contribution in [0.1, 0.15) is 37.7 Å². The first-order chi connectivity index (χ1) is 10.3. The third kappa shape index (κ3) is 3.19. The van der Waals surface area contributed by atoms with Crippen LogP contribution in [0.5, 0.6) is 0 Å². The van der Waals surface area contributed by atoms with Gasteiger partial charge >= 0.3 is 0 Å².